The molecule has 11 heteroatoms. The molecule has 0 radical (unpaired) electrons. The molecule has 6 rings (SSSR count). The Balaban J connectivity index is 1.37. The molecule has 1 atom stereocenters. The van der Waals surface area contributed by atoms with Gasteiger partial charge in [-0.1, -0.05) is 18.2 Å². The van der Waals surface area contributed by atoms with Crippen molar-refractivity contribution < 1.29 is 19.0 Å². The molecule has 1 amide bonds. The smallest absolute Gasteiger partial charge is 0.410 e. The highest BCUT2D eigenvalue weighted by atomic mass is 32.1. The molecule has 3 aliphatic rings. The lowest BCUT2D eigenvalue weighted by Crippen LogP contribution is -2.47. The molecule has 4 heterocycles. The van der Waals surface area contributed by atoms with Gasteiger partial charge in [0.15, 0.2) is 0 Å². The van der Waals surface area contributed by atoms with Crippen molar-refractivity contribution in [2.45, 2.75) is 51.7 Å². The van der Waals surface area contributed by atoms with Crippen molar-refractivity contribution in [2.24, 2.45) is 0 Å². The van der Waals surface area contributed by atoms with Crippen LogP contribution in [0.25, 0.3) is 26.4 Å². The maximum absolute atomic E-state index is 12.9. The Morgan fingerprint density at radius 2 is 1.95 bits per heavy atom. The van der Waals surface area contributed by atoms with Crippen LogP contribution in [0.4, 0.5) is 16.6 Å². The number of benzene rings is 1. The molecule has 2 fully saturated rings. The topological polar surface area (TPSA) is 102 Å². The van der Waals surface area contributed by atoms with Crippen molar-refractivity contribution in [2.75, 3.05) is 56.7 Å². The number of likely N-dealkylation sites (tertiary alicyclic amines) is 1. The van der Waals surface area contributed by atoms with E-state index in [1.165, 1.54) is 11.1 Å². The fourth-order valence-electron chi connectivity index (χ4n) is 5.14. The largest absolute Gasteiger partial charge is 0.480 e. The van der Waals surface area contributed by atoms with Crippen LogP contribution in [-0.2, 0) is 9.47 Å². The van der Waals surface area contributed by atoms with Crippen LogP contribution in [0.2, 0.25) is 0 Å². The first kappa shape index (κ1) is 26.8. The number of hydrogen-bond acceptors (Lipinski definition) is 10. The van der Waals surface area contributed by atoms with Crippen LogP contribution >= 0.6 is 11.3 Å². The number of carbonyl (C=O) groups is 1. The fourth-order valence-corrected chi connectivity index (χ4v) is 6.29. The Hall–Kier alpha value is -3.44. The number of fused-ring (bicyclic) bond motifs is 1. The van der Waals surface area contributed by atoms with Crippen LogP contribution in [0.5, 0.6) is 5.88 Å². The number of thiazole rings is 1. The minimum Gasteiger partial charge on any atom is -0.480 e. The summed E-state index contributed by atoms with van der Waals surface area (Å²) in [5.41, 5.74) is 3.74. The van der Waals surface area contributed by atoms with Crippen LogP contribution in [0, 0.1) is 0 Å². The molecule has 1 aliphatic carbocycles. The Kier molecular flexibility index (Phi) is 7.26. The maximum Gasteiger partial charge on any atom is 0.410 e. The molecule has 0 spiro atoms. The van der Waals surface area contributed by atoms with Gasteiger partial charge in [-0.2, -0.15) is 9.97 Å². The summed E-state index contributed by atoms with van der Waals surface area (Å²) >= 11 is 1.63. The van der Waals surface area contributed by atoms with Crippen molar-refractivity contribution in [1.82, 2.24) is 19.9 Å². The molecule has 0 saturated carbocycles. The third kappa shape index (κ3) is 5.71. The van der Waals surface area contributed by atoms with Crippen molar-refractivity contribution in [3.8, 4) is 16.5 Å². The Labute approximate surface area is 238 Å². The summed E-state index contributed by atoms with van der Waals surface area (Å²) < 4.78 is 18.2. The van der Waals surface area contributed by atoms with Crippen molar-refractivity contribution in [3.05, 3.63) is 29.8 Å². The van der Waals surface area contributed by atoms with E-state index < -0.39 is 5.60 Å². The van der Waals surface area contributed by atoms with Gasteiger partial charge < -0.3 is 29.3 Å². The zero-order valence-electron chi connectivity index (χ0n) is 23.5. The second kappa shape index (κ2) is 10.9. The molecule has 1 aromatic carbocycles. The van der Waals surface area contributed by atoms with Crippen LogP contribution in [0.1, 0.15) is 45.6 Å². The number of piperidine rings is 1. The highest BCUT2D eigenvalue weighted by Crippen LogP contribution is 2.44. The second-order valence-electron chi connectivity index (χ2n) is 11.4. The van der Waals surface area contributed by atoms with E-state index in [2.05, 4.69) is 28.4 Å². The standard InChI is InChI=1S/C29H36N6O4S/c1-29(2,3)39-28(36)35-12-6-7-19(17-35)30-24-22(25(37-4)33-27(32-24)34-13-15-38-16-14-34)26-31-21-9-5-8-20(18-10-11-18)23(21)40-26/h5,8-10,19H,6-7,11-17H2,1-4H3,(H,30,32,33)/t19-/m1/s1. The second-order valence-corrected chi connectivity index (χ2v) is 12.4. The summed E-state index contributed by atoms with van der Waals surface area (Å²) in [6, 6.07) is 6.25. The summed E-state index contributed by atoms with van der Waals surface area (Å²) in [5, 5.41) is 4.46. The average molecular weight is 565 g/mol. The van der Waals surface area contributed by atoms with Crippen LogP contribution in [0.3, 0.4) is 0 Å². The van der Waals surface area contributed by atoms with Crippen molar-refractivity contribution in [1.29, 1.82) is 0 Å². The summed E-state index contributed by atoms with van der Waals surface area (Å²) in [4.78, 5) is 31.6. The minimum atomic E-state index is -0.542. The molecule has 10 nitrogen and oxygen atoms in total. The van der Waals surface area contributed by atoms with Gasteiger partial charge in [-0.05, 0) is 57.2 Å². The van der Waals surface area contributed by atoms with E-state index in [4.69, 9.17) is 29.2 Å². The highest BCUT2D eigenvalue weighted by molar-refractivity contribution is 7.22. The van der Waals surface area contributed by atoms with Gasteiger partial charge in [0.1, 0.15) is 22.0 Å². The number of nitrogens with zero attached hydrogens (tertiary/aromatic N) is 5. The molecular weight excluding hydrogens is 528 g/mol. The molecule has 0 bridgehead atoms. The number of carbonyl (C=O) groups excluding carboxylic acids is 1. The first-order valence-electron chi connectivity index (χ1n) is 13.9. The van der Waals surface area contributed by atoms with E-state index in [-0.39, 0.29) is 12.1 Å². The van der Waals surface area contributed by atoms with E-state index in [1.807, 2.05) is 26.8 Å². The number of nitrogens with one attached hydrogen (secondary N) is 1. The monoisotopic (exact) mass is 564 g/mol. The quantitative estimate of drug-likeness (QED) is 0.433. The number of ether oxygens (including phenoxy) is 3. The normalized spacial score (nSPS) is 19.4. The third-order valence-corrected chi connectivity index (χ3v) is 8.27. The van der Waals surface area contributed by atoms with Crippen LogP contribution in [-0.4, -0.2) is 84.1 Å². The lowest BCUT2D eigenvalue weighted by Gasteiger charge is -2.35. The van der Waals surface area contributed by atoms with Crippen molar-refractivity contribution >= 4 is 45.0 Å². The molecule has 2 aromatic heterocycles. The number of amides is 1. The van der Waals surface area contributed by atoms with Gasteiger partial charge in [0, 0.05) is 32.2 Å². The molecule has 3 aromatic rings. The predicted octanol–water partition coefficient (Wildman–Crippen LogP) is 5.20. The third-order valence-electron chi connectivity index (χ3n) is 7.15. The number of aromatic nitrogens is 3. The minimum absolute atomic E-state index is 0.0151. The number of hydrogen-bond donors (Lipinski definition) is 1. The maximum atomic E-state index is 12.9. The van der Waals surface area contributed by atoms with Crippen LogP contribution in [0.15, 0.2) is 24.3 Å². The van der Waals surface area contributed by atoms with E-state index in [0.717, 1.165) is 40.1 Å². The molecule has 212 valence electrons. The zero-order valence-corrected chi connectivity index (χ0v) is 24.3. The Morgan fingerprint density at radius 3 is 2.67 bits per heavy atom. The number of anilines is 2. The van der Waals surface area contributed by atoms with Gasteiger partial charge in [-0.25, -0.2) is 9.78 Å². The summed E-state index contributed by atoms with van der Waals surface area (Å²) in [7, 11) is 1.64. The fraction of sp³-hybridized carbons (Fsp3) is 0.517. The number of rotatable bonds is 6. The zero-order chi connectivity index (χ0) is 27.9. The first-order valence-corrected chi connectivity index (χ1v) is 14.7. The van der Waals surface area contributed by atoms with Gasteiger partial charge in [0.2, 0.25) is 11.8 Å². The highest BCUT2D eigenvalue weighted by Gasteiger charge is 2.31. The average Bonchev–Trinajstić information content (AvgIpc) is 3.70. The van der Waals surface area contributed by atoms with Gasteiger partial charge in [0.05, 0.1) is 30.5 Å². The van der Waals surface area contributed by atoms with Crippen LogP contribution < -0.4 is 15.0 Å². The Morgan fingerprint density at radius 1 is 1.15 bits per heavy atom. The van der Waals surface area contributed by atoms with Gasteiger partial charge in [-0.3, -0.25) is 0 Å². The predicted molar refractivity (Wildman–Crippen MR) is 157 cm³/mol. The lowest BCUT2D eigenvalue weighted by molar-refractivity contribution is 0.0206. The van der Waals surface area contributed by atoms with Gasteiger partial charge >= 0.3 is 6.09 Å². The lowest BCUT2D eigenvalue weighted by atomic mass is 10.1. The molecule has 0 unspecified atom stereocenters. The SMILES string of the molecule is COc1nc(N2CCOCC2)nc(N[C@@H]2CCCN(C(=O)OC(C)(C)C)C2)c1-c1nc2cccc(C3=CC3)c2s1. The number of allylic oxidation sites excluding steroid dienone is 2. The molecule has 2 aliphatic heterocycles. The Bertz CT molecular complexity index is 1440. The first-order chi connectivity index (χ1) is 19.3. The summed E-state index contributed by atoms with van der Waals surface area (Å²) in [5.74, 6) is 1.73. The number of methoxy groups -OCH3 is 1. The molecule has 40 heavy (non-hydrogen) atoms. The summed E-state index contributed by atoms with van der Waals surface area (Å²) in [6.07, 6.45) is 4.74. The summed E-state index contributed by atoms with van der Waals surface area (Å²) in [6.45, 7) is 9.52. The molecular formula is C29H36N6O4S. The molecule has 2 saturated heterocycles. The van der Waals surface area contributed by atoms with Gasteiger partial charge in [0.25, 0.3) is 0 Å². The van der Waals surface area contributed by atoms with E-state index in [1.54, 1.807) is 23.3 Å². The molecule has 1 N–H and O–H groups in total. The number of morpholine rings is 1. The van der Waals surface area contributed by atoms with Gasteiger partial charge in [-0.15, -0.1) is 11.3 Å². The van der Waals surface area contributed by atoms with E-state index >= 15 is 0 Å². The van der Waals surface area contributed by atoms with E-state index in [0.29, 0.717) is 57.0 Å². The van der Waals surface area contributed by atoms with E-state index in [9.17, 15) is 4.79 Å². The van der Waals surface area contributed by atoms with Crippen molar-refractivity contribution in [3.63, 3.8) is 0 Å².